The lowest BCUT2D eigenvalue weighted by Gasteiger charge is -2.23. The summed E-state index contributed by atoms with van der Waals surface area (Å²) < 4.78 is 5.53. The van der Waals surface area contributed by atoms with Crippen LogP contribution in [0.1, 0.15) is 24.5 Å². The molecule has 0 spiro atoms. The smallest absolute Gasteiger partial charge is 0.126 e. The maximum absolute atomic E-state index is 5.53. The zero-order chi connectivity index (χ0) is 15.2. The molecule has 1 aliphatic carbocycles. The maximum Gasteiger partial charge on any atom is 0.126 e. The summed E-state index contributed by atoms with van der Waals surface area (Å²) in [5.74, 6) is 1.98. The first kappa shape index (κ1) is 15.4. The van der Waals surface area contributed by atoms with Gasteiger partial charge in [0.25, 0.3) is 0 Å². The normalized spacial score (nSPS) is 20.8. The summed E-state index contributed by atoms with van der Waals surface area (Å²) in [6.07, 6.45) is 12.6. The van der Waals surface area contributed by atoms with E-state index in [0.717, 1.165) is 24.2 Å². The van der Waals surface area contributed by atoms with Gasteiger partial charge in [-0.3, -0.25) is 0 Å². The van der Waals surface area contributed by atoms with Crippen molar-refractivity contribution in [3.8, 4) is 5.75 Å². The number of ether oxygens (including phenoxy) is 1. The van der Waals surface area contributed by atoms with Crippen molar-refractivity contribution in [2.45, 2.75) is 19.8 Å². The quantitative estimate of drug-likeness (QED) is 0.650. The van der Waals surface area contributed by atoms with E-state index in [9.17, 15) is 0 Å². The maximum atomic E-state index is 5.53. The molecular weight excluding hydrogens is 256 g/mol. The minimum Gasteiger partial charge on any atom is -0.496 e. The van der Waals surface area contributed by atoms with Gasteiger partial charge in [0.2, 0.25) is 0 Å². The predicted molar refractivity (Wildman–Crippen MR) is 91.5 cm³/mol. The first-order valence-electron chi connectivity index (χ1n) is 7.48. The van der Waals surface area contributed by atoms with Gasteiger partial charge in [-0.15, -0.1) is 13.2 Å². The summed E-state index contributed by atoms with van der Waals surface area (Å²) in [5, 5.41) is 0. The van der Waals surface area contributed by atoms with E-state index in [1.165, 1.54) is 11.1 Å². The molecule has 0 fully saturated rings. The van der Waals surface area contributed by atoms with E-state index >= 15 is 0 Å². The van der Waals surface area contributed by atoms with Crippen LogP contribution in [-0.2, 0) is 6.42 Å². The van der Waals surface area contributed by atoms with Crippen molar-refractivity contribution in [2.24, 2.45) is 11.8 Å². The van der Waals surface area contributed by atoms with Gasteiger partial charge < -0.3 is 4.74 Å². The van der Waals surface area contributed by atoms with E-state index in [0.29, 0.717) is 11.8 Å². The third kappa shape index (κ3) is 3.55. The van der Waals surface area contributed by atoms with Crippen molar-refractivity contribution in [1.29, 1.82) is 0 Å². The molecular formula is C20H24O. The van der Waals surface area contributed by atoms with E-state index in [-0.39, 0.29) is 0 Å². The van der Waals surface area contributed by atoms with Crippen LogP contribution in [0.15, 0.2) is 61.7 Å². The van der Waals surface area contributed by atoms with Gasteiger partial charge in [-0.25, -0.2) is 0 Å². The average molecular weight is 280 g/mol. The number of methoxy groups -OCH3 is 1. The number of hydrogen-bond donors (Lipinski definition) is 0. The molecule has 2 atom stereocenters. The highest BCUT2D eigenvalue weighted by molar-refractivity contribution is 5.79. The van der Waals surface area contributed by atoms with Crippen LogP contribution in [0, 0.1) is 11.8 Å². The van der Waals surface area contributed by atoms with Crippen LogP contribution in [-0.4, -0.2) is 7.11 Å². The highest BCUT2D eigenvalue weighted by Gasteiger charge is 2.18. The molecule has 1 heteroatoms. The molecule has 1 nitrogen and oxygen atoms in total. The van der Waals surface area contributed by atoms with Gasteiger partial charge in [0.15, 0.2) is 0 Å². The zero-order valence-electron chi connectivity index (χ0n) is 13.0. The van der Waals surface area contributed by atoms with Gasteiger partial charge in [-0.1, -0.05) is 43.4 Å². The van der Waals surface area contributed by atoms with Gasteiger partial charge in [-0.05, 0) is 47.9 Å². The lowest BCUT2D eigenvalue weighted by atomic mass is 9.83. The highest BCUT2D eigenvalue weighted by atomic mass is 16.5. The summed E-state index contributed by atoms with van der Waals surface area (Å²) in [4.78, 5) is 0. The van der Waals surface area contributed by atoms with E-state index < -0.39 is 0 Å². The van der Waals surface area contributed by atoms with Crippen LogP contribution in [0.5, 0.6) is 5.75 Å². The second-order valence-corrected chi connectivity index (χ2v) is 5.56. The Bertz CT molecular complexity index is 578. The SMILES string of the molecule is C=CCc1ccc(OC)c(C2=CC(CC=C)C(C)C=C2)c1. The van der Waals surface area contributed by atoms with E-state index in [1.807, 2.05) is 18.2 Å². The third-order valence-electron chi connectivity index (χ3n) is 4.04. The average Bonchev–Trinajstić information content (AvgIpc) is 2.50. The molecule has 0 aromatic heterocycles. The Morgan fingerprint density at radius 1 is 1.24 bits per heavy atom. The first-order valence-corrected chi connectivity index (χ1v) is 7.48. The summed E-state index contributed by atoms with van der Waals surface area (Å²) in [6, 6.07) is 6.35. The van der Waals surface area contributed by atoms with Crippen LogP contribution < -0.4 is 4.74 Å². The number of hydrogen-bond acceptors (Lipinski definition) is 1. The van der Waals surface area contributed by atoms with Crippen LogP contribution in [0.4, 0.5) is 0 Å². The lowest BCUT2D eigenvalue weighted by Crippen LogP contribution is -2.10. The van der Waals surface area contributed by atoms with Crippen LogP contribution >= 0.6 is 0 Å². The van der Waals surface area contributed by atoms with Crippen molar-refractivity contribution in [3.05, 3.63) is 72.9 Å². The fourth-order valence-electron chi connectivity index (χ4n) is 2.77. The summed E-state index contributed by atoms with van der Waals surface area (Å²) >= 11 is 0. The largest absolute Gasteiger partial charge is 0.496 e. The Labute approximate surface area is 128 Å². The molecule has 0 radical (unpaired) electrons. The van der Waals surface area contributed by atoms with E-state index in [4.69, 9.17) is 4.74 Å². The molecule has 0 bridgehead atoms. The Hall–Kier alpha value is -2.02. The molecule has 1 aliphatic rings. The topological polar surface area (TPSA) is 9.23 Å². The van der Waals surface area contributed by atoms with Crippen molar-refractivity contribution < 1.29 is 4.74 Å². The van der Waals surface area contributed by atoms with Gasteiger partial charge in [-0.2, -0.15) is 0 Å². The summed E-state index contributed by atoms with van der Waals surface area (Å²) in [5.41, 5.74) is 3.66. The van der Waals surface area contributed by atoms with Crippen molar-refractivity contribution in [3.63, 3.8) is 0 Å². The molecule has 0 heterocycles. The molecule has 0 saturated heterocycles. The fraction of sp³-hybridized carbons (Fsp3) is 0.300. The van der Waals surface area contributed by atoms with E-state index in [2.05, 4.69) is 50.4 Å². The summed E-state index contributed by atoms with van der Waals surface area (Å²) in [7, 11) is 1.73. The highest BCUT2D eigenvalue weighted by Crippen LogP contribution is 2.35. The van der Waals surface area contributed by atoms with Crippen molar-refractivity contribution in [1.82, 2.24) is 0 Å². The second-order valence-electron chi connectivity index (χ2n) is 5.56. The molecule has 0 aliphatic heterocycles. The van der Waals surface area contributed by atoms with Crippen molar-refractivity contribution in [2.75, 3.05) is 7.11 Å². The van der Waals surface area contributed by atoms with Gasteiger partial charge in [0, 0.05) is 5.56 Å². The second kappa shape index (κ2) is 7.12. The van der Waals surface area contributed by atoms with Crippen LogP contribution in [0.2, 0.25) is 0 Å². The molecule has 2 unspecified atom stereocenters. The van der Waals surface area contributed by atoms with E-state index in [1.54, 1.807) is 7.11 Å². The number of allylic oxidation sites excluding steroid dienone is 6. The standard InChI is InChI=1S/C20H24O/c1-5-7-16-10-12-20(21-4)19(13-16)18-11-9-15(3)17(14-18)8-6-2/h5-6,9-15,17H,1-2,7-8H2,3-4H3. The molecule has 1 aromatic rings. The number of rotatable bonds is 6. The van der Waals surface area contributed by atoms with Gasteiger partial charge in [0.1, 0.15) is 5.75 Å². The van der Waals surface area contributed by atoms with Gasteiger partial charge in [0.05, 0.1) is 7.11 Å². The van der Waals surface area contributed by atoms with Crippen LogP contribution in [0.3, 0.4) is 0 Å². The van der Waals surface area contributed by atoms with Gasteiger partial charge >= 0.3 is 0 Å². The Morgan fingerprint density at radius 2 is 2.05 bits per heavy atom. The molecule has 0 saturated carbocycles. The summed E-state index contributed by atoms with van der Waals surface area (Å²) in [6.45, 7) is 9.94. The number of benzene rings is 1. The molecule has 21 heavy (non-hydrogen) atoms. The Balaban J connectivity index is 2.41. The molecule has 2 rings (SSSR count). The first-order chi connectivity index (χ1) is 10.2. The molecule has 110 valence electrons. The zero-order valence-corrected chi connectivity index (χ0v) is 13.0. The minimum atomic E-state index is 0.510. The molecule has 0 amide bonds. The Kier molecular flexibility index (Phi) is 5.21. The monoisotopic (exact) mass is 280 g/mol. The lowest BCUT2D eigenvalue weighted by molar-refractivity contribution is 0.413. The van der Waals surface area contributed by atoms with Crippen LogP contribution in [0.25, 0.3) is 5.57 Å². The fourth-order valence-corrected chi connectivity index (χ4v) is 2.77. The third-order valence-corrected chi connectivity index (χ3v) is 4.04. The predicted octanol–water partition coefficient (Wildman–Crippen LogP) is 5.21. The molecule has 1 aromatic carbocycles. The Morgan fingerprint density at radius 3 is 2.71 bits per heavy atom. The van der Waals surface area contributed by atoms with Crippen molar-refractivity contribution >= 4 is 5.57 Å². The minimum absolute atomic E-state index is 0.510. The molecule has 0 N–H and O–H groups in total.